The molecule has 1 N–H and O–H groups in total. The smallest absolute Gasteiger partial charge is 0.228 e. The average Bonchev–Trinajstić information content (AvgIpc) is 2.32. The molecule has 1 aromatic carbocycles. The first kappa shape index (κ1) is 12.1. The second-order valence-corrected chi connectivity index (χ2v) is 3.73. The number of nitrogens with zero attached hydrogens (tertiary/aromatic N) is 2. The summed E-state index contributed by atoms with van der Waals surface area (Å²) in [6.45, 7) is 3.63. The van der Waals surface area contributed by atoms with Crippen LogP contribution >= 0.6 is 0 Å². The summed E-state index contributed by atoms with van der Waals surface area (Å²) in [6, 6.07) is 7.83. The second kappa shape index (κ2) is 5.28. The van der Waals surface area contributed by atoms with E-state index in [2.05, 4.69) is 27.1 Å². The summed E-state index contributed by atoms with van der Waals surface area (Å²) in [5, 5.41) is 3.01. The highest BCUT2D eigenvalue weighted by Gasteiger charge is 2.01. The zero-order chi connectivity index (χ0) is 13.0. The van der Waals surface area contributed by atoms with Crippen molar-refractivity contribution in [3.8, 4) is 11.8 Å². The van der Waals surface area contributed by atoms with Gasteiger partial charge in [0.05, 0.1) is 0 Å². The summed E-state index contributed by atoms with van der Waals surface area (Å²) in [7, 11) is 0. The van der Waals surface area contributed by atoms with Crippen LogP contribution in [0.15, 0.2) is 30.3 Å². The Kier molecular flexibility index (Phi) is 3.54. The number of rotatable bonds is 2. The molecule has 4 heteroatoms. The van der Waals surface area contributed by atoms with Gasteiger partial charge in [0.25, 0.3) is 0 Å². The highest BCUT2D eigenvalue weighted by atomic mass is 19.1. The lowest BCUT2D eigenvalue weighted by Gasteiger charge is -2.05. The first-order chi connectivity index (χ1) is 8.67. The lowest BCUT2D eigenvalue weighted by molar-refractivity contribution is 0.628. The van der Waals surface area contributed by atoms with Gasteiger partial charge in [-0.2, -0.15) is 0 Å². The maximum atomic E-state index is 12.8. The van der Waals surface area contributed by atoms with Gasteiger partial charge in [-0.1, -0.05) is 5.92 Å². The van der Waals surface area contributed by atoms with Crippen molar-refractivity contribution in [2.75, 3.05) is 5.32 Å². The predicted octanol–water partition coefficient (Wildman–Crippen LogP) is 3.04. The van der Waals surface area contributed by atoms with Crippen LogP contribution in [0.1, 0.15) is 18.3 Å². The van der Waals surface area contributed by atoms with Gasteiger partial charge < -0.3 is 5.32 Å². The molecule has 0 saturated heterocycles. The van der Waals surface area contributed by atoms with Gasteiger partial charge in [0, 0.05) is 11.4 Å². The number of nitrogens with one attached hydrogen (secondary N) is 1. The Morgan fingerprint density at radius 3 is 2.56 bits per heavy atom. The molecule has 18 heavy (non-hydrogen) atoms. The van der Waals surface area contributed by atoms with Gasteiger partial charge in [-0.3, -0.25) is 0 Å². The molecule has 0 aliphatic heterocycles. The molecule has 0 unspecified atom stereocenters. The minimum atomic E-state index is -0.275. The van der Waals surface area contributed by atoms with Crippen molar-refractivity contribution in [1.82, 2.24) is 9.97 Å². The van der Waals surface area contributed by atoms with Gasteiger partial charge in [0.15, 0.2) is 0 Å². The van der Waals surface area contributed by atoms with E-state index in [0.717, 1.165) is 11.4 Å². The van der Waals surface area contributed by atoms with Crippen LogP contribution in [0.2, 0.25) is 0 Å². The van der Waals surface area contributed by atoms with E-state index in [-0.39, 0.29) is 5.82 Å². The standard InChI is InChI=1S/C14H12FN3/c1-3-4-13-9-10(2)16-14(18-13)17-12-7-5-11(15)6-8-12/h5-9H,1-2H3,(H,16,17,18). The summed E-state index contributed by atoms with van der Waals surface area (Å²) in [4.78, 5) is 8.50. The van der Waals surface area contributed by atoms with Crippen molar-refractivity contribution in [3.63, 3.8) is 0 Å². The van der Waals surface area contributed by atoms with Crippen LogP contribution in [0.5, 0.6) is 0 Å². The molecule has 2 rings (SSSR count). The second-order valence-electron chi connectivity index (χ2n) is 3.73. The van der Waals surface area contributed by atoms with Crippen LogP contribution in [0.3, 0.4) is 0 Å². The zero-order valence-corrected chi connectivity index (χ0v) is 10.2. The number of halogens is 1. The van der Waals surface area contributed by atoms with Gasteiger partial charge >= 0.3 is 0 Å². The third-order valence-corrected chi connectivity index (χ3v) is 2.21. The van der Waals surface area contributed by atoms with E-state index < -0.39 is 0 Å². The van der Waals surface area contributed by atoms with E-state index >= 15 is 0 Å². The molecule has 0 radical (unpaired) electrons. The molecule has 3 nitrogen and oxygen atoms in total. The largest absolute Gasteiger partial charge is 0.324 e. The number of anilines is 2. The van der Waals surface area contributed by atoms with E-state index in [9.17, 15) is 4.39 Å². The molecule has 0 fully saturated rings. The van der Waals surface area contributed by atoms with Crippen LogP contribution < -0.4 is 5.32 Å². The van der Waals surface area contributed by atoms with E-state index in [4.69, 9.17) is 0 Å². The lowest BCUT2D eigenvalue weighted by Crippen LogP contribution is -2.00. The third-order valence-electron chi connectivity index (χ3n) is 2.21. The Morgan fingerprint density at radius 1 is 1.17 bits per heavy atom. The third kappa shape index (κ3) is 3.05. The fourth-order valence-corrected chi connectivity index (χ4v) is 1.48. The van der Waals surface area contributed by atoms with E-state index in [1.807, 2.05) is 13.0 Å². The SMILES string of the molecule is CC#Cc1cc(C)nc(Nc2ccc(F)cc2)n1. The summed E-state index contributed by atoms with van der Waals surface area (Å²) in [6.07, 6.45) is 0. The summed E-state index contributed by atoms with van der Waals surface area (Å²) >= 11 is 0. The molecule has 0 atom stereocenters. The van der Waals surface area contributed by atoms with Crippen molar-refractivity contribution in [3.05, 3.63) is 47.5 Å². The normalized spacial score (nSPS) is 9.50. The fraction of sp³-hybridized carbons (Fsp3) is 0.143. The average molecular weight is 241 g/mol. The number of hydrogen-bond donors (Lipinski definition) is 1. The minimum absolute atomic E-state index is 0.275. The lowest BCUT2D eigenvalue weighted by atomic mass is 10.3. The Balaban J connectivity index is 2.27. The molecule has 0 spiro atoms. The van der Waals surface area contributed by atoms with E-state index in [1.54, 1.807) is 19.1 Å². The van der Waals surface area contributed by atoms with Crippen LogP contribution in [-0.2, 0) is 0 Å². The number of aromatic nitrogens is 2. The fourth-order valence-electron chi connectivity index (χ4n) is 1.48. The Bertz CT molecular complexity index is 609. The van der Waals surface area contributed by atoms with Crippen LogP contribution in [0.25, 0.3) is 0 Å². The first-order valence-corrected chi connectivity index (χ1v) is 5.48. The quantitative estimate of drug-likeness (QED) is 0.821. The van der Waals surface area contributed by atoms with E-state index in [1.165, 1.54) is 12.1 Å². The van der Waals surface area contributed by atoms with Gasteiger partial charge in [-0.15, -0.1) is 0 Å². The van der Waals surface area contributed by atoms with Crippen LogP contribution in [-0.4, -0.2) is 9.97 Å². The molecule has 0 saturated carbocycles. The molecule has 0 amide bonds. The maximum Gasteiger partial charge on any atom is 0.228 e. The minimum Gasteiger partial charge on any atom is -0.324 e. The zero-order valence-electron chi connectivity index (χ0n) is 10.2. The van der Waals surface area contributed by atoms with Gasteiger partial charge in [-0.25, -0.2) is 14.4 Å². The molecule has 0 bridgehead atoms. The highest BCUT2D eigenvalue weighted by Crippen LogP contribution is 2.14. The Hall–Kier alpha value is -2.41. The van der Waals surface area contributed by atoms with Gasteiger partial charge in [0.2, 0.25) is 5.95 Å². The molecular formula is C14H12FN3. The summed E-state index contributed by atoms with van der Waals surface area (Å²) in [5.41, 5.74) is 2.22. The Morgan fingerprint density at radius 2 is 1.89 bits per heavy atom. The highest BCUT2D eigenvalue weighted by molar-refractivity contribution is 5.53. The van der Waals surface area contributed by atoms with E-state index in [0.29, 0.717) is 11.6 Å². The molecule has 2 aromatic rings. The van der Waals surface area contributed by atoms with Crippen LogP contribution in [0, 0.1) is 24.6 Å². The topological polar surface area (TPSA) is 37.8 Å². The Labute approximate surface area is 105 Å². The van der Waals surface area contributed by atoms with Crippen molar-refractivity contribution >= 4 is 11.6 Å². The maximum absolute atomic E-state index is 12.8. The molecule has 0 aliphatic rings. The molecular weight excluding hydrogens is 229 g/mol. The molecule has 1 aromatic heterocycles. The van der Waals surface area contributed by atoms with Crippen molar-refractivity contribution in [2.24, 2.45) is 0 Å². The van der Waals surface area contributed by atoms with Crippen LogP contribution in [0.4, 0.5) is 16.0 Å². The van der Waals surface area contributed by atoms with Gasteiger partial charge in [0.1, 0.15) is 11.5 Å². The predicted molar refractivity (Wildman–Crippen MR) is 69.0 cm³/mol. The number of benzene rings is 1. The molecule has 0 aliphatic carbocycles. The summed E-state index contributed by atoms with van der Waals surface area (Å²) < 4.78 is 12.8. The van der Waals surface area contributed by atoms with Gasteiger partial charge in [-0.05, 0) is 50.1 Å². The van der Waals surface area contributed by atoms with Crippen molar-refractivity contribution in [2.45, 2.75) is 13.8 Å². The molecule has 1 heterocycles. The number of hydrogen-bond acceptors (Lipinski definition) is 3. The monoisotopic (exact) mass is 241 g/mol. The number of aryl methyl sites for hydroxylation is 1. The first-order valence-electron chi connectivity index (χ1n) is 5.48. The molecule has 90 valence electrons. The van der Waals surface area contributed by atoms with Crippen molar-refractivity contribution in [1.29, 1.82) is 0 Å². The van der Waals surface area contributed by atoms with Crippen molar-refractivity contribution < 1.29 is 4.39 Å². The summed E-state index contributed by atoms with van der Waals surface area (Å²) in [5.74, 6) is 5.86.